The van der Waals surface area contributed by atoms with Gasteiger partial charge in [0.15, 0.2) is 0 Å². The van der Waals surface area contributed by atoms with E-state index in [1.54, 1.807) is 0 Å². The Bertz CT molecular complexity index is 2620. The zero-order valence-electron chi connectivity index (χ0n) is 28.7. The summed E-state index contributed by atoms with van der Waals surface area (Å²) < 4.78 is 2.39. The fourth-order valence-corrected chi connectivity index (χ4v) is 7.19. The van der Waals surface area contributed by atoms with E-state index in [0.29, 0.717) is 0 Å². The van der Waals surface area contributed by atoms with Crippen LogP contribution in [0.2, 0.25) is 0 Å². The van der Waals surface area contributed by atoms with Gasteiger partial charge in [-0.25, -0.2) is 0 Å². The number of rotatable bonds is 8. The SMILES string of the molecule is C(=C\c1ccc(N(c2ccccc2)c2ccc3c(c2)c2cc(-c4ccc(-c5ccccc5)cc4)ccc2n3-c2ccccc2)cc1)/c1ccccc1. The predicted molar refractivity (Wildman–Crippen MR) is 222 cm³/mol. The van der Waals surface area contributed by atoms with E-state index in [0.717, 1.165) is 28.3 Å². The smallest absolute Gasteiger partial charge is 0.0542 e. The van der Waals surface area contributed by atoms with Crippen molar-refractivity contribution in [3.8, 4) is 27.9 Å². The summed E-state index contributed by atoms with van der Waals surface area (Å²) in [5, 5.41) is 2.43. The molecule has 52 heavy (non-hydrogen) atoms. The van der Waals surface area contributed by atoms with E-state index in [1.807, 2.05) is 6.07 Å². The fourth-order valence-electron chi connectivity index (χ4n) is 7.19. The lowest BCUT2D eigenvalue weighted by molar-refractivity contribution is 1.18. The van der Waals surface area contributed by atoms with Crippen molar-refractivity contribution < 1.29 is 0 Å². The number of fused-ring (bicyclic) bond motifs is 3. The Morgan fingerprint density at radius 3 is 1.42 bits per heavy atom. The van der Waals surface area contributed by atoms with Crippen LogP contribution in [0.3, 0.4) is 0 Å². The molecule has 0 bridgehead atoms. The summed E-state index contributed by atoms with van der Waals surface area (Å²) >= 11 is 0. The van der Waals surface area contributed by atoms with Crippen molar-refractivity contribution in [1.29, 1.82) is 0 Å². The number of hydrogen-bond acceptors (Lipinski definition) is 1. The minimum Gasteiger partial charge on any atom is -0.310 e. The van der Waals surface area contributed by atoms with Crippen LogP contribution in [-0.4, -0.2) is 4.57 Å². The summed E-state index contributed by atoms with van der Waals surface area (Å²) in [4.78, 5) is 2.35. The van der Waals surface area contributed by atoms with Crippen molar-refractivity contribution in [2.24, 2.45) is 0 Å². The summed E-state index contributed by atoms with van der Waals surface area (Å²) in [6.07, 6.45) is 4.33. The predicted octanol–water partition coefficient (Wildman–Crippen LogP) is 13.8. The molecule has 0 aliphatic carbocycles. The van der Waals surface area contributed by atoms with E-state index in [-0.39, 0.29) is 0 Å². The fraction of sp³-hybridized carbons (Fsp3) is 0. The maximum Gasteiger partial charge on any atom is 0.0542 e. The van der Waals surface area contributed by atoms with E-state index < -0.39 is 0 Å². The number of nitrogens with zero attached hydrogens (tertiary/aromatic N) is 2. The zero-order chi connectivity index (χ0) is 34.7. The maximum absolute atomic E-state index is 2.39. The standard InChI is InChI=1S/C50H36N2/c1-5-13-37(14-6-1)21-22-38-23-30-45(31-24-38)51(43-17-9-3-10-18-43)46-32-34-50-48(36-46)47-35-42(29-33-49(47)52(50)44-19-11-4-12-20-44)41-27-25-40(26-28-41)39-15-7-2-8-16-39/h1-36H/b22-21+. The van der Waals surface area contributed by atoms with Gasteiger partial charge in [0.05, 0.1) is 11.0 Å². The molecule has 0 unspecified atom stereocenters. The minimum absolute atomic E-state index is 1.11. The Labute approximate surface area is 304 Å². The quantitative estimate of drug-likeness (QED) is 0.147. The molecule has 0 atom stereocenters. The summed E-state index contributed by atoms with van der Waals surface area (Å²) in [7, 11) is 0. The molecule has 246 valence electrons. The third kappa shape index (κ3) is 6.08. The van der Waals surface area contributed by atoms with Gasteiger partial charge in [0.25, 0.3) is 0 Å². The molecule has 0 radical (unpaired) electrons. The van der Waals surface area contributed by atoms with Gasteiger partial charge in [-0.15, -0.1) is 0 Å². The molecule has 0 aliphatic heterocycles. The molecular formula is C50H36N2. The van der Waals surface area contributed by atoms with Crippen molar-refractivity contribution in [2.45, 2.75) is 0 Å². The largest absolute Gasteiger partial charge is 0.310 e. The van der Waals surface area contributed by atoms with Gasteiger partial charge in [0, 0.05) is 33.5 Å². The summed E-state index contributed by atoms with van der Waals surface area (Å²) in [5.41, 5.74) is 14.0. The first-order valence-electron chi connectivity index (χ1n) is 17.8. The number of aromatic nitrogens is 1. The Morgan fingerprint density at radius 1 is 0.327 bits per heavy atom. The van der Waals surface area contributed by atoms with Gasteiger partial charge in [-0.3, -0.25) is 0 Å². The molecule has 9 rings (SSSR count). The Balaban J connectivity index is 1.16. The summed E-state index contributed by atoms with van der Waals surface area (Å²) in [5.74, 6) is 0. The van der Waals surface area contributed by atoms with Crippen LogP contribution in [0.5, 0.6) is 0 Å². The third-order valence-corrected chi connectivity index (χ3v) is 9.78. The molecule has 0 N–H and O–H groups in total. The van der Waals surface area contributed by atoms with Crippen molar-refractivity contribution in [3.63, 3.8) is 0 Å². The molecule has 2 nitrogen and oxygen atoms in total. The second-order valence-electron chi connectivity index (χ2n) is 13.1. The van der Waals surface area contributed by atoms with Crippen LogP contribution < -0.4 is 4.90 Å². The third-order valence-electron chi connectivity index (χ3n) is 9.78. The van der Waals surface area contributed by atoms with Crippen LogP contribution >= 0.6 is 0 Å². The molecular weight excluding hydrogens is 629 g/mol. The van der Waals surface area contributed by atoms with Crippen LogP contribution in [0.4, 0.5) is 17.1 Å². The normalized spacial score (nSPS) is 11.4. The van der Waals surface area contributed by atoms with E-state index >= 15 is 0 Å². The van der Waals surface area contributed by atoms with Crippen molar-refractivity contribution in [1.82, 2.24) is 4.57 Å². The van der Waals surface area contributed by atoms with Gasteiger partial charge >= 0.3 is 0 Å². The van der Waals surface area contributed by atoms with Crippen LogP contribution in [0.25, 0.3) is 61.9 Å². The first kappa shape index (κ1) is 31.1. The molecule has 2 heteroatoms. The molecule has 9 aromatic rings. The molecule has 0 saturated carbocycles. The first-order valence-corrected chi connectivity index (χ1v) is 17.8. The van der Waals surface area contributed by atoms with Crippen LogP contribution in [-0.2, 0) is 0 Å². The average molecular weight is 665 g/mol. The van der Waals surface area contributed by atoms with E-state index in [4.69, 9.17) is 0 Å². The lowest BCUT2D eigenvalue weighted by Gasteiger charge is -2.25. The highest BCUT2D eigenvalue weighted by Gasteiger charge is 2.18. The highest BCUT2D eigenvalue weighted by molar-refractivity contribution is 6.12. The highest BCUT2D eigenvalue weighted by Crippen LogP contribution is 2.41. The zero-order valence-corrected chi connectivity index (χ0v) is 28.7. The number of para-hydroxylation sites is 2. The Kier molecular flexibility index (Phi) is 8.24. The average Bonchev–Trinajstić information content (AvgIpc) is 3.55. The van der Waals surface area contributed by atoms with Crippen LogP contribution in [0, 0.1) is 0 Å². The van der Waals surface area contributed by atoms with Gasteiger partial charge in [-0.1, -0.05) is 152 Å². The summed E-state index contributed by atoms with van der Waals surface area (Å²) in [6.45, 7) is 0. The second kappa shape index (κ2) is 13.8. The summed E-state index contributed by atoms with van der Waals surface area (Å²) in [6, 6.07) is 73.8. The van der Waals surface area contributed by atoms with E-state index in [1.165, 1.54) is 49.6 Å². The molecule has 0 spiro atoms. The topological polar surface area (TPSA) is 8.17 Å². The number of anilines is 3. The van der Waals surface area contributed by atoms with Crippen molar-refractivity contribution in [2.75, 3.05) is 4.90 Å². The molecule has 0 saturated heterocycles. The number of benzene rings is 8. The molecule has 8 aromatic carbocycles. The Hall–Kier alpha value is -6.90. The van der Waals surface area contributed by atoms with E-state index in [2.05, 4.69) is 222 Å². The van der Waals surface area contributed by atoms with Gasteiger partial charge in [0.2, 0.25) is 0 Å². The van der Waals surface area contributed by atoms with Gasteiger partial charge in [-0.2, -0.15) is 0 Å². The number of hydrogen-bond donors (Lipinski definition) is 0. The van der Waals surface area contributed by atoms with E-state index in [9.17, 15) is 0 Å². The van der Waals surface area contributed by atoms with Crippen LogP contribution in [0.1, 0.15) is 11.1 Å². The van der Waals surface area contributed by atoms with Gasteiger partial charge in [0.1, 0.15) is 0 Å². The maximum atomic E-state index is 2.39. The lowest BCUT2D eigenvalue weighted by Crippen LogP contribution is -2.09. The monoisotopic (exact) mass is 664 g/mol. The highest BCUT2D eigenvalue weighted by atomic mass is 15.1. The lowest BCUT2D eigenvalue weighted by atomic mass is 9.99. The van der Waals surface area contributed by atoms with Crippen molar-refractivity contribution >= 4 is 51.0 Å². The molecule has 1 aromatic heterocycles. The Morgan fingerprint density at radius 2 is 0.769 bits per heavy atom. The molecule has 0 fully saturated rings. The molecule has 0 amide bonds. The van der Waals surface area contributed by atoms with Gasteiger partial charge < -0.3 is 9.47 Å². The van der Waals surface area contributed by atoms with Crippen molar-refractivity contribution in [3.05, 3.63) is 217 Å². The van der Waals surface area contributed by atoms with Gasteiger partial charge in [-0.05, 0) is 100 Å². The first-order chi connectivity index (χ1) is 25.8. The molecule has 1 heterocycles. The minimum atomic E-state index is 1.11. The second-order valence-corrected chi connectivity index (χ2v) is 13.1. The van der Waals surface area contributed by atoms with Crippen LogP contribution in [0.15, 0.2) is 206 Å². The molecule has 0 aliphatic rings.